The standard InChI is InChI=1S/C6H15Cl2N2O2P/c1-2-12-13(9,11)10(5-3-7)6-4-8/h2-6H2,1H3,(H2,9,11). The predicted molar refractivity (Wildman–Crippen MR) is 56.4 cm³/mol. The molecule has 0 spiro atoms. The Kier molecular flexibility index (Phi) is 7.42. The van der Waals surface area contributed by atoms with Gasteiger partial charge in [0, 0.05) is 24.8 Å². The van der Waals surface area contributed by atoms with Crippen LogP contribution in [0.4, 0.5) is 0 Å². The van der Waals surface area contributed by atoms with Gasteiger partial charge in [0.15, 0.2) is 0 Å². The molecule has 0 bridgehead atoms. The number of hydrogen-bond acceptors (Lipinski definition) is 2. The lowest BCUT2D eigenvalue weighted by Crippen LogP contribution is -2.29. The molecule has 1 atom stereocenters. The highest BCUT2D eigenvalue weighted by Gasteiger charge is 2.25. The molecule has 0 aromatic carbocycles. The van der Waals surface area contributed by atoms with E-state index in [0.29, 0.717) is 31.5 Å². The summed E-state index contributed by atoms with van der Waals surface area (Å²) in [6, 6.07) is 0. The van der Waals surface area contributed by atoms with Crippen LogP contribution in [0, 0.1) is 0 Å². The highest BCUT2D eigenvalue weighted by Crippen LogP contribution is 2.41. The molecule has 0 aliphatic carbocycles. The zero-order valence-electron chi connectivity index (χ0n) is 7.58. The van der Waals surface area contributed by atoms with Crippen molar-refractivity contribution >= 4 is 30.9 Å². The normalized spacial score (nSPS) is 16.1. The molecule has 0 radical (unpaired) electrons. The lowest BCUT2D eigenvalue weighted by atomic mass is 10.6. The second-order valence-corrected chi connectivity index (χ2v) is 5.02. The number of halogens is 2. The van der Waals surface area contributed by atoms with Crippen molar-refractivity contribution in [3.63, 3.8) is 0 Å². The number of nitrogens with two attached hydrogens (primary N) is 1. The first kappa shape index (κ1) is 13.7. The van der Waals surface area contributed by atoms with Gasteiger partial charge in [0.2, 0.25) is 0 Å². The van der Waals surface area contributed by atoms with Crippen LogP contribution in [0.3, 0.4) is 0 Å². The van der Waals surface area contributed by atoms with Gasteiger partial charge in [-0.2, -0.15) is 0 Å². The fourth-order valence-electron chi connectivity index (χ4n) is 0.852. The van der Waals surface area contributed by atoms with Crippen molar-refractivity contribution in [2.24, 2.45) is 5.50 Å². The molecule has 1 unspecified atom stereocenters. The largest absolute Gasteiger partial charge is 0.340 e. The van der Waals surface area contributed by atoms with Crippen molar-refractivity contribution in [1.82, 2.24) is 4.67 Å². The summed E-state index contributed by atoms with van der Waals surface area (Å²) in [7, 11) is -3.17. The van der Waals surface area contributed by atoms with E-state index in [4.69, 9.17) is 33.2 Å². The molecule has 0 aliphatic heterocycles. The molecule has 0 heterocycles. The summed E-state index contributed by atoms with van der Waals surface area (Å²) in [5, 5.41) is 0. The van der Waals surface area contributed by atoms with Crippen LogP contribution in [-0.4, -0.2) is 36.1 Å². The van der Waals surface area contributed by atoms with E-state index in [1.165, 1.54) is 4.67 Å². The molecule has 0 saturated heterocycles. The Hall–Kier alpha value is 0.690. The van der Waals surface area contributed by atoms with Crippen LogP contribution in [-0.2, 0) is 9.09 Å². The molecule has 80 valence electrons. The molecular weight excluding hydrogens is 234 g/mol. The van der Waals surface area contributed by atoms with Crippen LogP contribution in [0.5, 0.6) is 0 Å². The van der Waals surface area contributed by atoms with Gasteiger partial charge in [-0.05, 0) is 6.92 Å². The topological polar surface area (TPSA) is 55.6 Å². The SMILES string of the molecule is CCOP(N)(=O)N(CCCl)CCCl. The van der Waals surface area contributed by atoms with E-state index < -0.39 is 7.67 Å². The van der Waals surface area contributed by atoms with Gasteiger partial charge < -0.3 is 4.52 Å². The van der Waals surface area contributed by atoms with Gasteiger partial charge in [0.1, 0.15) is 0 Å². The third-order valence-corrected chi connectivity index (χ3v) is 3.55. The van der Waals surface area contributed by atoms with Gasteiger partial charge in [-0.1, -0.05) is 0 Å². The lowest BCUT2D eigenvalue weighted by Gasteiger charge is -2.25. The zero-order valence-corrected chi connectivity index (χ0v) is 9.99. The van der Waals surface area contributed by atoms with Gasteiger partial charge in [-0.3, -0.25) is 4.57 Å². The molecule has 0 aliphatic rings. The molecule has 13 heavy (non-hydrogen) atoms. The molecule has 7 heteroatoms. The van der Waals surface area contributed by atoms with Gasteiger partial charge >= 0.3 is 7.67 Å². The Labute approximate surface area is 88.9 Å². The van der Waals surface area contributed by atoms with E-state index in [0.717, 1.165) is 0 Å². The quantitative estimate of drug-likeness (QED) is 0.552. The van der Waals surface area contributed by atoms with Crippen molar-refractivity contribution in [1.29, 1.82) is 0 Å². The number of alkyl halides is 2. The maximum absolute atomic E-state index is 11.7. The number of rotatable bonds is 7. The Morgan fingerprint density at radius 1 is 1.38 bits per heavy atom. The first-order valence-electron chi connectivity index (χ1n) is 3.99. The molecule has 2 N–H and O–H groups in total. The summed E-state index contributed by atoms with van der Waals surface area (Å²) in [6.07, 6.45) is 0. The van der Waals surface area contributed by atoms with E-state index in [2.05, 4.69) is 0 Å². The summed E-state index contributed by atoms with van der Waals surface area (Å²) >= 11 is 11.0. The fourth-order valence-corrected chi connectivity index (χ4v) is 2.79. The van der Waals surface area contributed by atoms with Crippen LogP contribution >= 0.6 is 30.9 Å². The van der Waals surface area contributed by atoms with E-state index in [1.54, 1.807) is 6.92 Å². The van der Waals surface area contributed by atoms with Gasteiger partial charge in [0.25, 0.3) is 0 Å². The maximum atomic E-state index is 11.7. The first-order valence-corrected chi connectivity index (χ1v) is 6.70. The van der Waals surface area contributed by atoms with Crippen LogP contribution in [0.1, 0.15) is 6.92 Å². The summed E-state index contributed by atoms with van der Waals surface area (Å²) in [6.45, 7) is 2.89. The van der Waals surface area contributed by atoms with Crippen LogP contribution in [0.2, 0.25) is 0 Å². The second-order valence-electron chi connectivity index (χ2n) is 2.31. The Morgan fingerprint density at radius 2 is 1.85 bits per heavy atom. The average Bonchev–Trinajstić information content (AvgIpc) is 2.04. The van der Waals surface area contributed by atoms with Crippen molar-refractivity contribution in [3.05, 3.63) is 0 Å². The second kappa shape index (κ2) is 7.04. The molecule has 0 rings (SSSR count). The predicted octanol–water partition coefficient (Wildman–Crippen LogP) is 1.87. The summed E-state index contributed by atoms with van der Waals surface area (Å²) in [5.74, 6) is 0.705. The monoisotopic (exact) mass is 248 g/mol. The summed E-state index contributed by atoms with van der Waals surface area (Å²) in [5.41, 5.74) is 5.49. The summed E-state index contributed by atoms with van der Waals surface area (Å²) < 4.78 is 18.1. The molecule has 0 saturated carbocycles. The van der Waals surface area contributed by atoms with Gasteiger partial charge in [0.05, 0.1) is 6.61 Å². The highest BCUT2D eigenvalue weighted by atomic mass is 35.5. The van der Waals surface area contributed by atoms with Crippen LogP contribution in [0.15, 0.2) is 0 Å². The van der Waals surface area contributed by atoms with Crippen LogP contribution in [0.25, 0.3) is 0 Å². The fraction of sp³-hybridized carbons (Fsp3) is 1.00. The third-order valence-electron chi connectivity index (χ3n) is 1.39. The van der Waals surface area contributed by atoms with Crippen LogP contribution < -0.4 is 5.50 Å². The van der Waals surface area contributed by atoms with Gasteiger partial charge in [-0.15, -0.1) is 23.2 Å². The van der Waals surface area contributed by atoms with E-state index >= 15 is 0 Å². The van der Waals surface area contributed by atoms with Crippen molar-refractivity contribution in [2.75, 3.05) is 31.5 Å². The maximum Gasteiger partial charge on any atom is 0.340 e. The molecular formula is C6H15Cl2N2O2P. The lowest BCUT2D eigenvalue weighted by molar-refractivity contribution is 0.279. The van der Waals surface area contributed by atoms with E-state index in [9.17, 15) is 4.57 Å². The third kappa shape index (κ3) is 5.21. The molecule has 0 aromatic rings. The van der Waals surface area contributed by atoms with Gasteiger partial charge in [-0.25, -0.2) is 10.2 Å². The van der Waals surface area contributed by atoms with Crippen molar-refractivity contribution in [2.45, 2.75) is 6.92 Å². The van der Waals surface area contributed by atoms with E-state index in [1.807, 2.05) is 0 Å². The molecule has 0 amide bonds. The summed E-state index contributed by atoms with van der Waals surface area (Å²) in [4.78, 5) is 0. The Bertz CT molecular complexity index is 176. The number of nitrogens with zero attached hydrogens (tertiary/aromatic N) is 1. The highest BCUT2D eigenvalue weighted by molar-refractivity contribution is 7.53. The minimum Gasteiger partial charge on any atom is -0.306 e. The first-order chi connectivity index (χ1) is 6.08. The smallest absolute Gasteiger partial charge is 0.306 e. The molecule has 4 nitrogen and oxygen atoms in total. The zero-order chi connectivity index (χ0) is 10.3. The van der Waals surface area contributed by atoms with E-state index in [-0.39, 0.29) is 0 Å². The molecule has 0 fully saturated rings. The number of hydrogen-bond donors (Lipinski definition) is 1. The van der Waals surface area contributed by atoms with Crippen molar-refractivity contribution in [3.8, 4) is 0 Å². The average molecular weight is 249 g/mol. The Balaban J connectivity index is 4.23. The van der Waals surface area contributed by atoms with Crippen molar-refractivity contribution < 1.29 is 9.09 Å². The minimum atomic E-state index is -3.17. The molecule has 0 aromatic heterocycles. The minimum absolute atomic E-state index is 0.314. The Morgan fingerprint density at radius 3 is 2.15 bits per heavy atom.